The first-order valence-corrected chi connectivity index (χ1v) is 12.0. The van der Waals surface area contributed by atoms with Gasteiger partial charge in [-0.15, -0.1) is 0 Å². The molecule has 0 aromatic carbocycles. The van der Waals surface area contributed by atoms with E-state index in [9.17, 15) is 9.18 Å². The number of aromatic nitrogens is 4. The fourth-order valence-corrected chi connectivity index (χ4v) is 4.39. The van der Waals surface area contributed by atoms with Crippen LogP contribution in [0.25, 0.3) is 11.0 Å². The lowest BCUT2D eigenvalue weighted by Crippen LogP contribution is -2.36. The monoisotopic (exact) mass is 465 g/mol. The lowest BCUT2D eigenvalue weighted by Gasteiger charge is -2.23. The van der Waals surface area contributed by atoms with Crippen molar-refractivity contribution in [1.29, 1.82) is 0 Å². The van der Waals surface area contributed by atoms with Crippen LogP contribution >= 0.6 is 0 Å². The second kappa shape index (κ2) is 11.2. The summed E-state index contributed by atoms with van der Waals surface area (Å²) >= 11 is 0. The molecular formula is C25H32FN7O. The number of allylic oxidation sites excluding steroid dienone is 3. The summed E-state index contributed by atoms with van der Waals surface area (Å²) in [5.41, 5.74) is 2.47. The Morgan fingerprint density at radius 3 is 2.76 bits per heavy atom. The standard InChI is InChI=1S/C25H32FN7O/c1-3-8-17(24(34)31-20-9-6-5-7-10-20)13-19(4-2)30-23-22-21(28-16-29-23)14-27-25(32-22)33-12-11-18(26)15-33/h3,8,13-14,16,18,20H,1,4-7,9-12,15H2,2H3,(H,31,34)(H,28,29,30)/b17-8+,19-13+/t18-/m1/s1. The normalized spacial score (nSPS) is 19.9. The molecule has 1 atom stereocenters. The molecule has 2 aromatic rings. The molecule has 2 fully saturated rings. The van der Waals surface area contributed by atoms with Crippen molar-refractivity contribution in [2.24, 2.45) is 0 Å². The summed E-state index contributed by atoms with van der Waals surface area (Å²) in [4.78, 5) is 32.4. The molecule has 2 N–H and O–H groups in total. The predicted molar refractivity (Wildman–Crippen MR) is 132 cm³/mol. The fourth-order valence-electron chi connectivity index (χ4n) is 4.39. The summed E-state index contributed by atoms with van der Waals surface area (Å²) in [6.07, 6.45) is 14.1. The van der Waals surface area contributed by atoms with Crippen LogP contribution in [0, 0.1) is 0 Å². The largest absolute Gasteiger partial charge is 0.349 e. The van der Waals surface area contributed by atoms with Gasteiger partial charge in [-0.05, 0) is 37.8 Å². The first-order valence-electron chi connectivity index (χ1n) is 12.0. The number of alkyl halides is 1. The van der Waals surface area contributed by atoms with Crippen LogP contribution in [0.15, 0.2) is 48.6 Å². The second-order valence-corrected chi connectivity index (χ2v) is 8.77. The van der Waals surface area contributed by atoms with Crippen molar-refractivity contribution in [2.75, 3.05) is 23.3 Å². The molecule has 0 radical (unpaired) electrons. The van der Waals surface area contributed by atoms with E-state index in [4.69, 9.17) is 0 Å². The molecule has 1 aliphatic heterocycles. The van der Waals surface area contributed by atoms with E-state index in [1.54, 1.807) is 18.3 Å². The molecule has 180 valence electrons. The molecule has 1 saturated heterocycles. The van der Waals surface area contributed by atoms with E-state index >= 15 is 0 Å². The Morgan fingerprint density at radius 1 is 1.24 bits per heavy atom. The lowest BCUT2D eigenvalue weighted by molar-refractivity contribution is -0.118. The molecule has 8 nitrogen and oxygen atoms in total. The summed E-state index contributed by atoms with van der Waals surface area (Å²) in [6, 6.07) is 0.219. The van der Waals surface area contributed by atoms with E-state index < -0.39 is 6.17 Å². The number of amides is 1. The van der Waals surface area contributed by atoms with Crippen LogP contribution in [0.5, 0.6) is 0 Å². The Kier molecular flexibility index (Phi) is 7.82. The Bertz CT molecular complexity index is 1090. The molecule has 1 amide bonds. The molecule has 0 bridgehead atoms. The van der Waals surface area contributed by atoms with E-state index in [2.05, 4.69) is 37.1 Å². The van der Waals surface area contributed by atoms with Crippen molar-refractivity contribution in [2.45, 2.75) is 64.1 Å². The van der Waals surface area contributed by atoms with Crippen molar-refractivity contribution in [3.8, 4) is 0 Å². The maximum Gasteiger partial charge on any atom is 0.251 e. The zero-order chi connectivity index (χ0) is 23.9. The van der Waals surface area contributed by atoms with Crippen molar-refractivity contribution in [3.63, 3.8) is 0 Å². The number of anilines is 2. The number of rotatable bonds is 8. The minimum Gasteiger partial charge on any atom is -0.349 e. The van der Waals surface area contributed by atoms with Crippen LogP contribution in [0.4, 0.5) is 16.2 Å². The molecule has 9 heteroatoms. The van der Waals surface area contributed by atoms with Gasteiger partial charge in [0.1, 0.15) is 23.5 Å². The van der Waals surface area contributed by atoms with E-state index in [1.165, 1.54) is 12.7 Å². The number of nitrogens with one attached hydrogen (secondary N) is 2. The minimum atomic E-state index is -0.867. The molecule has 0 spiro atoms. The lowest BCUT2D eigenvalue weighted by atomic mass is 9.95. The highest BCUT2D eigenvalue weighted by Gasteiger charge is 2.24. The highest BCUT2D eigenvalue weighted by Crippen LogP contribution is 2.24. The Hall–Kier alpha value is -3.36. The van der Waals surface area contributed by atoms with Crippen molar-refractivity contribution in [1.82, 2.24) is 25.3 Å². The topological polar surface area (TPSA) is 95.9 Å². The van der Waals surface area contributed by atoms with Gasteiger partial charge in [0.2, 0.25) is 5.95 Å². The van der Waals surface area contributed by atoms with Gasteiger partial charge in [0.25, 0.3) is 5.91 Å². The van der Waals surface area contributed by atoms with Gasteiger partial charge in [0.05, 0.1) is 12.7 Å². The van der Waals surface area contributed by atoms with Crippen LogP contribution in [-0.4, -0.2) is 51.1 Å². The SMILES string of the molecule is C=C/C=C(\C=C(/CC)Nc1ncnc2cnc(N3CC[C@@H](F)C3)nc12)C(=O)NC1CCCCC1. The van der Waals surface area contributed by atoms with Crippen LogP contribution in [-0.2, 0) is 4.79 Å². The maximum absolute atomic E-state index is 13.7. The quantitative estimate of drug-likeness (QED) is 0.445. The summed E-state index contributed by atoms with van der Waals surface area (Å²) in [5.74, 6) is 0.876. The summed E-state index contributed by atoms with van der Waals surface area (Å²) in [7, 11) is 0. The first-order chi connectivity index (χ1) is 16.6. The van der Waals surface area contributed by atoms with Gasteiger partial charge in [-0.2, -0.15) is 0 Å². The van der Waals surface area contributed by atoms with Gasteiger partial charge in [0, 0.05) is 23.9 Å². The molecular weight excluding hydrogens is 433 g/mol. The van der Waals surface area contributed by atoms with Gasteiger partial charge in [-0.25, -0.2) is 24.3 Å². The Morgan fingerprint density at radius 2 is 2.06 bits per heavy atom. The molecule has 3 heterocycles. The predicted octanol–water partition coefficient (Wildman–Crippen LogP) is 4.24. The Labute approximate surface area is 199 Å². The van der Waals surface area contributed by atoms with Gasteiger partial charge in [0.15, 0.2) is 5.82 Å². The first kappa shape index (κ1) is 23.8. The number of halogens is 1. The van der Waals surface area contributed by atoms with E-state index in [0.29, 0.717) is 47.8 Å². The zero-order valence-electron chi connectivity index (χ0n) is 19.6. The van der Waals surface area contributed by atoms with Crippen LogP contribution in [0.1, 0.15) is 51.9 Å². The highest BCUT2D eigenvalue weighted by molar-refractivity contribution is 5.97. The third kappa shape index (κ3) is 5.76. The Balaban J connectivity index is 1.57. The van der Waals surface area contributed by atoms with Crippen molar-refractivity contribution in [3.05, 3.63) is 48.6 Å². The number of nitrogens with zero attached hydrogens (tertiary/aromatic N) is 5. The van der Waals surface area contributed by atoms with Gasteiger partial charge < -0.3 is 15.5 Å². The maximum atomic E-state index is 13.7. The van der Waals surface area contributed by atoms with Gasteiger partial charge in [-0.3, -0.25) is 4.79 Å². The number of hydrogen-bond acceptors (Lipinski definition) is 7. The van der Waals surface area contributed by atoms with E-state index in [1.807, 2.05) is 17.9 Å². The third-order valence-corrected chi connectivity index (χ3v) is 6.27. The number of carbonyl (C=O) groups excluding carboxylic acids is 1. The molecule has 2 aliphatic rings. The summed E-state index contributed by atoms with van der Waals surface area (Å²) in [5, 5.41) is 6.48. The molecule has 0 unspecified atom stereocenters. The highest BCUT2D eigenvalue weighted by atomic mass is 19.1. The molecule has 34 heavy (non-hydrogen) atoms. The van der Waals surface area contributed by atoms with Gasteiger partial charge in [-0.1, -0.05) is 38.8 Å². The number of carbonyl (C=O) groups is 1. The molecule has 4 rings (SSSR count). The molecule has 1 aliphatic carbocycles. The zero-order valence-corrected chi connectivity index (χ0v) is 19.6. The molecule has 1 saturated carbocycles. The van der Waals surface area contributed by atoms with Crippen LogP contribution in [0.2, 0.25) is 0 Å². The third-order valence-electron chi connectivity index (χ3n) is 6.27. The minimum absolute atomic E-state index is 0.105. The van der Waals surface area contributed by atoms with E-state index in [0.717, 1.165) is 31.4 Å². The van der Waals surface area contributed by atoms with Crippen molar-refractivity contribution < 1.29 is 9.18 Å². The molecule has 2 aromatic heterocycles. The second-order valence-electron chi connectivity index (χ2n) is 8.77. The van der Waals surface area contributed by atoms with Crippen LogP contribution < -0.4 is 15.5 Å². The average Bonchev–Trinajstić information content (AvgIpc) is 3.30. The number of fused-ring (bicyclic) bond motifs is 1. The summed E-state index contributed by atoms with van der Waals surface area (Å²) in [6.45, 7) is 6.63. The van der Waals surface area contributed by atoms with Crippen LogP contribution in [0.3, 0.4) is 0 Å². The van der Waals surface area contributed by atoms with Crippen molar-refractivity contribution >= 4 is 28.7 Å². The summed E-state index contributed by atoms with van der Waals surface area (Å²) < 4.78 is 13.7. The average molecular weight is 466 g/mol. The fraction of sp³-hybridized carbons (Fsp3) is 0.480. The smallest absolute Gasteiger partial charge is 0.251 e. The van der Waals surface area contributed by atoms with Gasteiger partial charge >= 0.3 is 0 Å². The number of hydrogen-bond donors (Lipinski definition) is 2. The van der Waals surface area contributed by atoms with E-state index in [-0.39, 0.29) is 18.5 Å².